The van der Waals surface area contributed by atoms with Crippen LogP contribution in [0.1, 0.15) is 27.7 Å². The number of hydrogen-bond acceptors (Lipinski definition) is 4. The van der Waals surface area contributed by atoms with Gasteiger partial charge in [0.05, 0.1) is 11.7 Å². The van der Waals surface area contributed by atoms with Crippen LogP contribution in [0.4, 0.5) is 5.82 Å². The molecule has 3 rings (SSSR count). The van der Waals surface area contributed by atoms with Crippen molar-refractivity contribution in [3.63, 3.8) is 0 Å². The Bertz CT molecular complexity index is 821. The standard InChI is InChI=1S/C18H20N4OS/c1-12-5-7-14(8-6-12)18(15-4-3-9-24-15)20-17(23)11-22-16(19)10-13(2)21-22/h3-10,18H,11,19H2,1-2H3,(H,20,23). The number of benzene rings is 1. The minimum absolute atomic E-state index is 0.105. The van der Waals surface area contributed by atoms with E-state index >= 15 is 0 Å². The third-order valence-electron chi connectivity index (χ3n) is 3.77. The number of thiophene rings is 1. The molecule has 0 saturated heterocycles. The van der Waals surface area contributed by atoms with Gasteiger partial charge in [0.1, 0.15) is 12.4 Å². The number of nitrogen functional groups attached to an aromatic ring is 1. The summed E-state index contributed by atoms with van der Waals surface area (Å²) in [4.78, 5) is 13.6. The number of amides is 1. The van der Waals surface area contributed by atoms with E-state index in [4.69, 9.17) is 5.73 Å². The van der Waals surface area contributed by atoms with Gasteiger partial charge in [-0.25, -0.2) is 4.68 Å². The Hall–Kier alpha value is -2.60. The normalized spacial score (nSPS) is 12.1. The Morgan fingerprint density at radius 1 is 1.29 bits per heavy atom. The van der Waals surface area contributed by atoms with E-state index in [9.17, 15) is 4.79 Å². The second-order valence-corrected chi connectivity index (χ2v) is 6.77. The molecule has 1 atom stereocenters. The van der Waals surface area contributed by atoms with Crippen LogP contribution >= 0.6 is 11.3 Å². The molecule has 124 valence electrons. The van der Waals surface area contributed by atoms with Crippen LogP contribution < -0.4 is 11.1 Å². The van der Waals surface area contributed by atoms with Gasteiger partial charge in [0, 0.05) is 10.9 Å². The molecule has 2 aromatic heterocycles. The summed E-state index contributed by atoms with van der Waals surface area (Å²) < 4.78 is 1.52. The van der Waals surface area contributed by atoms with Crippen LogP contribution in [0.5, 0.6) is 0 Å². The molecule has 0 aliphatic rings. The van der Waals surface area contributed by atoms with E-state index in [1.807, 2.05) is 43.5 Å². The number of hydrogen-bond donors (Lipinski definition) is 2. The summed E-state index contributed by atoms with van der Waals surface area (Å²) in [6.45, 7) is 4.00. The van der Waals surface area contributed by atoms with E-state index in [1.54, 1.807) is 17.4 Å². The van der Waals surface area contributed by atoms with E-state index in [-0.39, 0.29) is 18.5 Å². The summed E-state index contributed by atoms with van der Waals surface area (Å²) in [5, 5.41) is 9.34. The smallest absolute Gasteiger partial charge is 0.242 e. The van der Waals surface area contributed by atoms with Crippen LogP contribution in [0, 0.1) is 13.8 Å². The second kappa shape index (κ2) is 6.88. The molecule has 1 unspecified atom stereocenters. The minimum atomic E-state index is -0.170. The molecule has 1 aromatic carbocycles. The van der Waals surface area contributed by atoms with E-state index < -0.39 is 0 Å². The number of nitrogens with one attached hydrogen (secondary N) is 1. The lowest BCUT2D eigenvalue weighted by molar-refractivity contribution is -0.122. The largest absolute Gasteiger partial charge is 0.384 e. The monoisotopic (exact) mass is 340 g/mol. The minimum Gasteiger partial charge on any atom is -0.384 e. The maximum atomic E-state index is 12.5. The Morgan fingerprint density at radius 2 is 2.04 bits per heavy atom. The van der Waals surface area contributed by atoms with Gasteiger partial charge >= 0.3 is 0 Å². The molecule has 0 saturated carbocycles. The quantitative estimate of drug-likeness (QED) is 0.750. The highest BCUT2D eigenvalue weighted by molar-refractivity contribution is 7.10. The van der Waals surface area contributed by atoms with Crippen LogP contribution in [0.25, 0.3) is 0 Å². The maximum absolute atomic E-state index is 12.5. The average Bonchev–Trinajstić information content (AvgIpc) is 3.16. The number of rotatable bonds is 5. The average molecular weight is 340 g/mol. The molecule has 0 aliphatic heterocycles. The summed E-state index contributed by atoms with van der Waals surface area (Å²) in [6.07, 6.45) is 0. The third kappa shape index (κ3) is 3.65. The number of carbonyl (C=O) groups excluding carboxylic acids is 1. The molecule has 3 N–H and O–H groups in total. The number of carbonyl (C=O) groups is 1. The summed E-state index contributed by atoms with van der Waals surface area (Å²) in [5.41, 5.74) is 8.91. The van der Waals surface area contributed by atoms with Gasteiger partial charge < -0.3 is 11.1 Å². The van der Waals surface area contributed by atoms with Crippen LogP contribution in [-0.4, -0.2) is 15.7 Å². The third-order valence-corrected chi connectivity index (χ3v) is 4.71. The predicted molar refractivity (Wildman–Crippen MR) is 96.9 cm³/mol. The van der Waals surface area contributed by atoms with Crippen molar-refractivity contribution in [2.75, 3.05) is 5.73 Å². The second-order valence-electron chi connectivity index (χ2n) is 5.79. The van der Waals surface area contributed by atoms with Crippen molar-refractivity contribution >= 4 is 23.1 Å². The van der Waals surface area contributed by atoms with Crippen LogP contribution in [-0.2, 0) is 11.3 Å². The molecule has 3 aromatic rings. The zero-order valence-corrected chi connectivity index (χ0v) is 14.5. The van der Waals surface area contributed by atoms with Gasteiger partial charge in [-0.3, -0.25) is 4.79 Å². The predicted octanol–water partition coefficient (Wildman–Crippen LogP) is 3.05. The van der Waals surface area contributed by atoms with E-state index in [0.29, 0.717) is 5.82 Å². The van der Waals surface area contributed by atoms with Gasteiger partial charge in [0.25, 0.3) is 0 Å². The van der Waals surface area contributed by atoms with Crippen molar-refractivity contribution in [2.45, 2.75) is 26.4 Å². The van der Waals surface area contributed by atoms with Gasteiger partial charge in [0.2, 0.25) is 5.91 Å². The fourth-order valence-corrected chi connectivity index (χ4v) is 3.37. The zero-order chi connectivity index (χ0) is 17.1. The lowest BCUT2D eigenvalue weighted by Gasteiger charge is -2.18. The molecule has 6 heteroatoms. The number of nitrogens with zero attached hydrogens (tertiary/aromatic N) is 2. The summed E-state index contributed by atoms with van der Waals surface area (Å²) in [6, 6.07) is 13.8. The molecule has 0 fully saturated rings. The molecule has 1 amide bonds. The SMILES string of the molecule is Cc1ccc(C(NC(=O)Cn2nc(C)cc2N)c2cccs2)cc1. The Labute approximate surface area is 145 Å². The lowest BCUT2D eigenvalue weighted by atomic mass is 10.0. The van der Waals surface area contributed by atoms with E-state index in [1.165, 1.54) is 10.2 Å². The van der Waals surface area contributed by atoms with E-state index in [2.05, 4.69) is 22.5 Å². The van der Waals surface area contributed by atoms with Gasteiger partial charge in [0.15, 0.2) is 0 Å². The van der Waals surface area contributed by atoms with Crippen molar-refractivity contribution < 1.29 is 4.79 Å². The van der Waals surface area contributed by atoms with Crippen molar-refractivity contribution in [1.29, 1.82) is 0 Å². The highest BCUT2D eigenvalue weighted by Gasteiger charge is 2.18. The molecular formula is C18H20N4OS. The van der Waals surface area contributed by atoms with Crippen LogP contribution in [0.3, 0.4) is 0 Å². The summed E-state index contributed by atoms with van der Waals surface area (Å²) in [5.74, 6) is 0.370. The van der Waals surface area contributed by atoms with Gasteiger partial charge in [-0.2, -0.15) is 5.10 Å². The molecule has 24 heavy (non-hydrogen) atoms. The Balaban J connectivity index is 1.80. The summed E-state index contributed by atoms with van der Waals surface area (Å²) >= 11 is 1.62. The molecule has 5 nitrogen and oxygen atoms in total. The van der Waals surface area contributed by atoms with E-state index in [0.717, 1.165) is 16.1 Å². The zero-order valence-electron chi connectivity index (χ0n) is 13.7. The van der Waals surface area contributed by atoms with Crippen LogP contribution in [0.15, 0.2) is 47.8 Å². The number of anilines is 1. The first kappa shape index (κ1) is 16.3. The molecule has 2 heterocycles. The first-order valence-corrected chi connectivity index (χ1v) is 8.60. The number of aromatic nitrogens is 2. The van der Waals surface area contributed by atoms with Crippen molar-refractivity contribution in [3.05, 3.63) is 69.5 Å². The van der Waals surface area contributed by atoms with Crippen molar-refractivity contribution in [2.24, 2.45) is 0 Å². The summed E-state index contributed by atoms with van der Waals surface area (Å²) in [7, 11) is 0. The topological polar surface area (TPSA) is 72.9 Å². The van der Waals surface area contributed by atoms with Crippen molar-refractivity contribution in [1.82, 2.24) is 15.1 Å². The Kier molecular flexibility index (Phi) is 4.66. The molecule has 0 aliphatic carbocycles. The molecule has 0 spiro atoms. The highest BCUT2D eigenvalue weighted by Crippen LogP contribution is 2.26. The van der Waals surface area contributed by atoms with Gasteiger partial charge in [-0.15, -0.1) is 11.3 Å². The lowest BCUT2D eigenvalue weighted by Crippen LogP contribution is -2.32. The van der Waals surface area contributed by atoms with Gasteiger partial charge in [-0.05, 0) is 30.9 Å². The first-order chi connectivity index (χ1) is 11.5. The fourth-order valence-electron chi connectivity index (χ4n) is 2.57. The maximum Gasteiger partial charge on any atom is 0.242 e. The van der Waals surface area contributed by atoms with Crippen LogP contribution in [0.2, 0.25) is 0 Å². The molecule has 0 radical (unpaired) electrons. The molecular weight excluding hydrogens is 320 g/mol. The van der Waals surface area contributed by atoms with Gasteiger partial charge in [-0.1, -0.05) is 35.9 Å². The molecule has 0 bridgehead atoms. The first-order valence-electron chi connectivity index (χ1n) is 7.72. The number of nitrogens with two attached hydrogens (primary N) is 1. The van der Waals surface area contributed by atoms with Crippen molar-refractivity contribution in [3.8, 4) is 0 Å². The fraction of sp³-hybridized carbons (Fsp3) is 0.222. The Morgan fingerprint density at radius 3 is 2.62 bits per heavy atom. The highest BCUT2D eigenvalue weighted by atomic mass is 32.1. The number of aryl methyl sites for hydroxylation is 2.